The number of likely N-dealkylation sites (N-methyl/N-ethyl adjacent to an activating group) is 1. The van der Waals surface area contributed by atoms with Crippen molar-refractivity contribution in [3.8, 4) is 0 Å². The summed E-state index contributed by atoms with van der Waals surface area (Å²) in [6.07, 6.45) is 13.4. The first-order chi connectivity index (χ1) is 21.1. The molecule has 5 rings (SSSR count). The number of allylic oxidation sites excluding steroid dienone is 6. The van der Waals surface area contributed by atoms with E-state index in [0.29, 0.717) is 19.6 Å². The van der Waals surface area contributed by atoms with Crippen LogP contribution in [0.1, 0.15) is 81.1 Å². The summed E-state index contributed by atoms with van der Waals surface area (Å²) >= 11 is 14.5. The lowest BCUT2D eigenvalue weighted by atomic mass is 9.75. The standard InChI is InChI=1S/C35H48Cl2N4O3S/c1-9-40(26-16-18-39(19-17-26)33(43)44-34(5,6)7)31(42)29-28(21(2)3)41-30(23-10-13-25(36)14-11-23)35(8,38-32(41)45-29)24-12-15-27(37)22(4)20-24/h10-13,15,21-22,25-26,30H,9,14,16-20H2,1-8H3/t22?,25?,30?,35-/m0/s1. The molecule has 1 fully saturated rings. The normalized spacial score (nSPS) is 29.0. The fraction of sp³-hybridized carbons (Fsp3) is 0.629. The van der Waals surface area contributed by atoms with E-state index in [2.05, 4.69) is 56.9 Å². The van der Waals surface area contributed by atoms with E-state index in [9.17, 15) is 9.59 Å². The molecule has 3 aliphatic heterocycles. The number of amidine groups is 1. The predicted octanol–water partition coefficient (Wildman–Crippen LogP) is 8.23. The number of thioether (sulfide) groups is 1. The van der Waals surface area contributed by atoms with Crippen LogP contribution in [-0.2, 0) is 9.53 Å². The fourth-order valence-electron chi connectivity index (χ4n) is 7.07. The first-order valence-electron chi connectivity index (χ1n) is 16.3. The Morgan fingerprint density at radius 1 is 1.22 bits per heavy atom. The number of carbonyl (C=O) groups is 2. The Kier molecular flexibility index (Phi) is 9.99. The van der Waals surface area contributed by atoms with Gasteiger partial charge in [-0.25, -0.2) is 9.79 Å². The Labute approximate surface area is 283 Å². The molecule has 1 saturated heterocycles. The van der Waals surface area contributed by atoms with Gasteiger partial charge >= 0.3 is 6.09 Å². The van der Waals surface area contributed by atoms with E-state index in [4.69, 9.17) is 32.9 Å². The van der Waals surface area contributed by atoms with Gasteiger partial charge in [0, 0.05) is 36.4 Å². The fourth-order valence-corrected chi connectivity index (χ4v) is 8.74. The zero-order valence-corrected chi connectivity index (χ0v) is 30.2. The number of piperidine rings is 1. The molecule has 3 unspecified atom stereocenters. The SMILES string of the molecule is CCN(C(=O)C1=C(C(C)C)N2C(=N[C@@](C)(C3=CC=C(Cl)C(C)C3)C2C2=CCC(Cl)C=C2)S1)C1CCN(C(=O)OC(C)(C)C)CC1. The van der Waals surface area contributed by atoms with Gasteiger partial charge in [-0.2, -0.15) is 0 Å². The Balaban J connectivity index is 1.45. The third kappa shape index (κ3) is 6.80. The highest BCUT2D eigenvalue weighted by Crippen LogP contribution is 2.53. The van der Waals surface area contributed by atoms with E-state index in [0.717, 1.165) is 46.5 Å². The molecule has 0 aromatic rings. The minimum atomic E-state index is -0.534. The summed E-state index contributed by atoms with van der Waals surface area (Å²) in [5.41, 5.74) is 2.40. The highest BCUT2D eigenvalue weighted by atomic mass is 35.5. The lowest BCUT2D eigenvalue weighted by Gasteiger charge is -2.41. The van der Waals surface area contributed by atoms with Crippen LogP contribution >= 0.6 is 35.0 Å². The van der Waals surface area contributed by atoms with Gasteiger partial charge in [0.25, 0.3) is 5.91 Å². The number of hydrogen-bond donors (Lipinski definition) is 0. The van der Waals surface area contributed by atoms with E-state index in [1.807, 2.05) is 38.7 Å². The average molecular weight is 676 g/mol. The van der Waals surface area contributed by atoms with Crippen molar-refractivity contribution in [2.45, 2.75) is 110 Å². The number of likely N-dealkylation sites (tertiary alicyclic amines) is 1. The van der Waals surface area contributed by atoms with Gasteiger partial charge in [0.1, 0.15) is 16.0 Å². The molecule has 45 heavy (non-hydrogen) atoms. The number of rotatable bonds is 6. The molecular weight excluding hydrogens is 627 g/mol. The maximum Gasteiger partial charge on any atom is 0.410 e. The number of ether oxygens (including phenoxy) is 1. The minimum absolute atomic E-state index is 0.0255. The van der Waals surface area contributed by atoms with Gasteiger partial charge in [-0.05, 0) is 101 Å². The first-order valence-corrected chi connectivity index (χ1v) is 18.0. The summed E-state index contributed by atoms with van der Waals surface area (Å²) in [4.78, 5) is 39.5. The van der Waals surface area contributed by atoms with E-state index in [1.165, 1.54) is 22.9 Å². The number of halogens is 2. The second-order valence-corrected chi connectivity index (χ2v) is 16.2. The topological polar surface area (TPSA) is 65.5 Å². The molecule has 0 aromatic carbocycles. The molecule has 246 valence electrons. The molecule has 0 bridgehead atoms. The molecule has 0 N–H and O–H groups in total. The number of alkyl halides is 1. The van der Waals surface area contributed by atoms with Gasteiger partial charge in [-0.3, -0.25) is 4.79 Å². The van der Waals surface area contributed by atoms with Crippen LogP contribution in [-0.4, -0.2) is 80.1 Å². The Morgan fingerprint density at radius 3 is 2.47 bits per heavy atom. The van der Waals surface area contributed by atoms with Crippen LogP contribution in [0.2, 0.25) is 0 Å². The second-order valence-electron chi connectivity index (χ2n) is 14.2. The maximum atomic E-state index is 14.5. The van der Waals surface area contributed by atoms with Crippen LogP contribution < -0.4 is 0 Å². The largest absolute Gasteiger partial charge is 0.444 e. The summed E-state index contributed by atoms with van der Waals surface area (Å²) in [5.74, 6) is 0.380. The molecule has 0 aromatic heterocycles. The number of nitrogens with zero attached hydrogens (tertiary/aromatic N) is 4. The van der Waals surface area contributed by atoms with Gasteiger partial charge in [-0.15, -0.1) is 11.6 Å². The monoisotopic (exact) mass is 674 g/mol. The van der Waals surface area contributed by atoms with Crippen LogP contribution in [0.3, 0.4) is 0 Å². The number of carbonyl (C=O) groups excluding carboxylic acids is 2. The number of aliphatic imine (C=N–C) groups is 1. The van der Waals surface area contributed by atoms with Gasteiger partial charge in [0.2, 0.25) is 0 Å². The molecule has 2 aliphatic carbocycles. The van der Waals surface area contributed by atoms with Crippen molar-refractivity contribution in [1.29, 1.82) is 0 Å². The average Bonchev–Trinajstić information content (AvgIpc) is 3.47. The van der Waals surface area contributed by atoms with Crippen molar-refractivity contribution in [2.24, 2.45) is 16.8 Å². The van der Waals surface area contributed by atoms with Gasteiger partial charge in [0.05, 0.1) is 11.4 Å². The third-order valence-corrected chi connectivity index (χ3v) is 11.3. The van der Waals surface area contributed by atoms with Gasteiger partial charge < -0.3 is 19.4 Å². The Bertz CT molecular complexity index is 1400. The molecule has 2 amide bonds. The molecule has 10 heteroatoms. The highest BCUT2D eigenvalue weighted by Gasteiger charge is 2.55. The quantitative estimate of drug-likeness (QED) is 0.266. The lowest BCUT2D eigenvalue weighted by molar-refractivity contribution is -0.129. The number of fused-ring (bicyclic) bond motifs is 1. The molecule has 3 heterocycles. The van der Waals surface area contributed by atoms with Crippen molar-refractivity contribution in [1.82, 2.24) is 14.7 Å². The lowest BCUT2D eigenvalue weighted by Crippen LogP contribution is -2.50. The molecule has 4 atom stereocenters. The molecule has 7 nitrogen and oxygen atoms in total. The molecular formula is C35H48Cl2N4O3S. The number of amides is 2. The summed E-state index contributed by atoms with van der Waals surface area (Å²) < 4.78 is 5.59. The zero-order valence-electron chi connectivity index (χ0n) is 27.9. The van der Waals surface area contributed by atoms with E-state index in [1.54, 1.807) is 4.90 Å². The van der Waals surface area contributed by atoms with E-state index in [-0.39, 0.29) is 41.3 Å². The van der Waals surface area contributed by atoms with Crippen LogP contribution in [0.25, 0.3) is 0 Å². The van der Waals surface area contributed by atoms with E-state index >= 15 is 0 Å². The number of hydrogen-bond acceptors (Lipinski definition) is 6. The Hall–Kier alpha value is -2.16. The van der Waals surface area contributed by atoms with Crippen LogP contribution in [0.15, 0.2) is 62.2 Å². The van der Waals surface area contributed by atoms with Crippen molar-refractivity contribution in [3.05, 3.63) is 57.2 Å². The zero-order chi connectivity index (χ0) is 32.8. The highest BCUT2D eigenvalue weighted by molar-refractivity contribution is 8.18. The summed E-state index contributed by atoms with van der Waals surface area (Å²) in [6, 6.07) is -0.0461. The van der Waals surface area contributed by atoms with E-state index < -0.39 is 11.1 Å². The molecule has 5 aliphatic rings. The Morgan fingerprint density at radius 2 is 1.91 bits per heavy atom. The maximum absolute atomic E-state index is 14.5. The van der Waals surface area contributed by atoms with Crippen molar-refractivity contribution < 1.29 is 14.3 Å². The van der Waals surface area contributed by atoms with Crippen molar-refractivity contribution in [2.75, 3.05) is 19.6 Å². The molecule has 0 saturated carbocycles. The second kappa shape index (κ2) is 13.2. The third-order valence-electron chi connectivity index (χ3n) is 9.39. The minimum Gasteiger partial charge on any atom is -0.444 e. The smallest absolute Gasteiger partial charge is 0.410 e. The summed E-state index contributed by atoms with van der Waals surface area (Å²) in [6.45, 7) is 18.1. The van der Waals surface area contributed by atoms with Crippen LogP contribution in [0.5, 0.6) is 0 Å². The predicted molar refractivity (Wildman–Crippen MR) is 186 cm³/mol. The first kappa shape index (κ1) is 34.2. The van der Waals surface area contributed by atoms with Crippen LogP contribution in [0.4, 0.5) is 4.79 Å². The molecule has 0 spiro atoms. The molecule has 0 radical (unpaired) electrons. The van der Waals surface area contributed by atoms with Gasteiger partial charge in [-0.1, -0.05) is 56.7 Å². The van der Waals surface area contributed by atoms with Crippen molar-refractivity contribution >= 4 is 52.1 Å². The van der Waals surface area contributed by atoms with Gasteiger partial charge in [0.15, 0.2) is 5.17 Å². The van der Waals surface area contributed by atoms with Crippen molar-refractivity contribution in [3.63, 3.8) is 0 Å². The van der Waals surface area contributed by atoms with Crippen LogP contribution in [0, 0.1) is 11.8 Å². The summed E-state index contributed by atoms with van der Waals surface area (Å²) in [5, 5.41) is 1.72. The summed E-state index contributed by atoms with van der Waals surface area (Å²) in [7, 11) is 0.